The molecule has 0 bridgehead atoms. The molecule has 2 rings (SSSR count). The molecule has 21 heavy (non-hydrogen) atoms. The minimum absolute atomic E-state index is 0.0507. The summed E-state index contributed by atoms with van der Waals surface area (Å²) in [6, 6.07) is 0. The number of piperidine rings is 1. The van der Waals surface area contributed by atoms with Gasteiger partial charge in [0.05, 0.1) is 5.92 Å². The molecule has 1 aliphatic heterocycles. The Labute approximate surface area is 123 Å². The number of nitrogens with zero attached hydrogens (tertiary/aromatic N) is 3. The molecular weight excluding hydrogens is 274 g/mol. The van der Waals surface area contributed by atoms with E-state index in [1.165, 1.54) is 0 Å². The summed E-state index contributed by atoms with van der Waals surface area (Å²) in [4.78, 5) is 29.0. The van der Waals surface area contributed by atoms with Gasteiger partial charge in [0.15, 0.2) is 5.82 Å². The lowest BCUT2D eigenvalue weighted by atomic mass is 9.98. The molecule has 1 aromatic rings. The molecule has 0 unspecified atom stereocenters. The maximum atomic E-state index is 12.1. The van der Waals surface area contributed by atoms with Crippen molar-refractivity contribution in [2.45, 2.75) is 45.4 Å². The van der Waals surface area contributed by atoms with Crippen molar-refractivity contribution < 1.29 is 19.2 Å². The molecule has 1 fully saturated rings. The Morgan fingerprint density at radius 1 is 1.48 bits per heavy atom. The molecule has 7 heteroatoms. The quantitative estimate of drug-likeness (QED) is 0.883. The molecule has 1 amide bonds. The first-order valence-electron chi connectivity index (χ1n) is 7.30. The number of carbonyl (C=O) groups excluding carboxylic acids is 1. The monoisotopic (exact) mass is 295 g/mol. The number of aryl methyl sites for hydroxylation is 1. The number of aromatic nitrogens is 2. The van der Waals surface area contributed by atoms with Gasteiger partial charge in [-0.25, -0.2) is 0 Å². The molecule has 116 valence electrons. The van der Waals surface area contributed by atoms with Gasteiger partial charge in [0.1, 0.15) is 0 Å². The van der Waals surface area contributed by atoms with Crippen molar-refractivity contribution in [1.29, 1.82) is 0 Å². The first-order valence-corrected chi connectivity index (χ1v) is 7.30. The fourth-order valence-corrected chi connectivity index (χ4v) is 2.38. The van der Waals surface area contributed by atoms with Gasteiger partial charge in [-0.15, -0.1) is 0 Å². The van der Waals surface area contributed by atoms with E-state index in [0.717, 1.165) is 6.42 Å². The van der Waals surface area contributed by atoms with E-state index in [4.69, 9.17) is 9.63 Å². The lowest BCUT2D eigenvalue weighted by Gasteiger charge is -2.30. The molecule has 0 aliphatic carbocycles. The highest BCUT2D eigenvalue weighted by molar-refractivity contribution is 5.78. The van der Waals surface area contributed by atoms with Crippen LogP contribution in [0.3, 0.4) is 0 Å². The molecule has 1 atom stereocenters. The van der Waals surface area contributed by atoms with Crippen LogP contribution in [0.15, 0.2) is 4.52 Å². The highest BCUT2D eigenvalue weighted by Crippen LogP contribution is 2.18. The zero-order chi connectivity index (χ0) is 15.4. The number of likely N-dealkylation sites (tertiary alicyclic amines) is 1. The van der Waals surface area contributed by atoms with E-state index >= 15 is 0 Å². The Bertz CT molecular complexity index is 512. The van der Waals surface area contributed by atoms with E-state index in [9.17, 15) is 9.59 Å². The predicted octanol–water partition coefficient (Wildman–Crippen LogP) is 1.45. The number of carboxylic acid groups (broad SMARTS) is 1. The van der Waals surface area contributed by atoms with Gasteiger partial charge in [-0.2, -0.15) is 4.98 Å². The number of carboxylic acids is 1. The number of amides is 1. The van der Waals surface area contributed by atoms with E-state index in [1.807, 2.05) is 13.8 Å². The minimum atomic E-state index is -0.828. The Morgan fingerprint density at radius 3 is 2.86 bits per heavy atom. The van der Waals surface area contributed by atoms with Crippen molar-refractivity contribution in [3.63, 3.8) is 0 Å². The maximum absolute atomic E-state index is 12.1. The van der Waals surface area contributed by atoms with Crippen LogP contribution in [0, 0.1) is 5.92 Å². The van der Waals surface area contributed by atoms with Crippen LogP contribution in [-0.4, -0.2) is 45.1 Å². The molecule has 0 spiro atoms. The van der Waals surface area contributed by atoms with Crippen molar-refractivity contribution >= 4 is 11.9 Å². The van der Waals surface area contributed by atoms with Gasteiger partial charge in [0.2, 0.25) is 11.8 Å². The van der Waals surface area contributed by atoms with Gasteiger partial charge in [0.25, 0.3) is 0 Å². The minimum Gasteiger partial charge on any atom is -0.481 e. The van der Waals surface area contributed by atoms with Crippen molar-refractivity contribution in [1.82, 2.24) is 15.0 Å². The first-order chi connectivity index (χ1) is 9.97. The molecular formula is C14H21N3O4. The largest absolute Gasteiger partial charge is 0.481 e. The topological polar surface area (TPSA) is 96.5 Å². The van der Waals surface area contributed by atoms with Crippen LogP contribution in [0.2, 0.25) is 0 Å². The highest BCUT2D eigenvalue weighted by atomic mass is 16.5. The van der Waals surface area contributed by atoms with E-state index in [0.29, 0.717) is 37.6 Å². The van der Waals surface area contributed by atoms with Crippen molar-refractivity contribution in [2.75, 3.05) is 13.1 Å². The number of aliphatic carboxylic acids is 1. The summed E-state index contributed by atoms with van der Waals surface area (Å²) in [5.41, 5.74) is 0. The van der Waals surface area contributed by atoms with Gasteiger partial charge in [0, 0.05) is 31.8 Å². The second kappa shape index (κ2) is 6.69. The summed E-state index contributed by atoms with van der Waals surface area (Å²) in [6.45, 7) is 4.87. The smallest absolute Gasteiger partial charge is 0.308 e. The van der Waals surface area contributed by atoms with Crippen LogP contribution in [0.5, 0.6) is 0 Å². The van der Waals surface area contributed by atoms with Gasteiger partial charge < -0.3 is 14.5 Å². The average Bonchev–Trinajstić information content (AvgIpc) is 2.94. The van der Waals surface area contributed by atoms with Crippen molar-refractivity contribution in [2.24, 2.45) is 5.92 Å². The summed E-state index contributed by atoms with van der Waals surface area (Å²) in [6.07, 6.45) is 2.04. The first kappa shape index (κ1) is 15.5. The third-order valence-corrected chi connectivity index (χ3v) is 3.68. The second-order valence-corrected chi connectivity index (χ2v) is 5.72. The molecule has 1 saturated heterocycles. The standard InChI is InChI=1S/C14H21N3O4/c1-9(2)13-15-11(21-16-13)5-6-12(18)17-7-3-4-10(8-17)14(19)20/h9-10H,3-8H2,1-2H3,(H,19,20)/t10-/m0/s1. The fraction of sp³-hybridized carbons (Fsp3) is 0.714. The Hall–Kier alpha value is -1.92. The van der Waals surface area contributed by atoms with Crippen LogP contribution in [0.25, 0.3) is 0 Å². The van der Waals surface area contributed by atoms with Crippen molar-refractivity contribution in [3.8, 4) is 0 Å². The highest BCUT2D eigenvalue weighted by Gasteiger charge is 2.28. The lowest BCUT2D eigenvalue weighted by molar-refractivity contribution is -0.145. The molecule has 1 aliphatic rings. The zero-order valence-corrected chi connectivity index (χ0v) is 12.4. The molecule has 1 N–H and O–H groups in total. The Morgan fingerprint density at radius 2 is 2.24 bits per heavy atom. The maximum Gasteiger partial charge on any atom is 0.308 e. The summed E-state index contributed by atoms with van der Waals surface area (Å²) in [7, 11) is 0. The number of rotatable bonds is 5. The van der Waals surface area contributed by atoms with Gasteiger partial charge in [-0.05, 0) is 12.8 Å². The number of hydrogen-bond acceptors (Lipinski definition) is 5. The van der Waals surface area contributed by atoms with Gasteiger partial charge >= 0.3 is 5.97 Å². The summed E-state index contributed by atoms with van der Waals surface area (Å²) >= 11 is 0. The SMILES string of the molecule is CC(C)c1noc(CCC(=O)N2CCC[C@H](C(=O)O)C2)n1. The van der Waals surface area contributed by atoms with Crippen LogP contribution < -0.4 is 0 Å². The predicted molar refractivity (Wildman–Crippen MR) is 73.6 cm³/mol. The molecule has 2 heterocycles. The third kappa shape index (κ3) is 4.03. The van der Waals surface area contributed by atoms with Crippen LogP contribution in [-0.2, 0) is 16.0 Å². The molecule has 7 nitrogen and oxygen atoms in total. The van der Waals surface area contributed by atoms with Gasteiger partial charge in [-0.3, -0.25) is 9.59 Å². The van der Waals surface area contributed by atoms with E-state index in [1.54, 1.807) is 4.90 Å². The molecule has 0 saturated carbocycles. The molecule has 1 aromatic heterocycles. The molecule has 0 radical (unpaired) electrons. The zero-order valence-electron chi connectivity index (χ0n) is 12.4. The van der Waals surface area contributed by atoms with Crippen LogP contribution in [0.1, 0.15) is 50.7 Å². The lowest BCUT2D eigenvalue weighted by Crippen LogP contribution is -2.42. The summed E-state index contributed by atoms with van der Waals surface area (Å²) in [5.74, 6) is -0.0355. The van der Waals surface area contributed by atoms with Crippen LogP contribution >= 0.6 is 0 Å². The number of carbonyl (C=O) groups is 2. The van der Waals surface area contributed by atoms with E-state index in [-0.39, 0.29) is 18.2 Å². The Balaban J connectivity index is 1.84. The van der Waals surface area contributed by atoms with E-state index < -0.39 is 11.9 Å². The summed E-state index contributed by atoms with van der Waals surface area (Å²) < 4.78 is 5.10. The van der Waals surface area contributed by atoms with Gasteiger partial charge in [-0.1, -0.05) is 19.0 Å². The Kier molecular flexibility index (Phi) is 4.93. The second-order valence-electron chi connectivity index (χ2n) is 5.72. The normalized spacial score (nSPS) is 19.0. The third-order valence-electron chi connectivity index (χ3n) is 3.68. The fourth-order valence-electron chi connectivity index (χ4n) is 2.38. The summed E-state index contributed by atoms with van der Waals surface area (Å²) in [5, 5.41) is 12.9. The number of hydrogen-bond donors (Lipinski definition) is 1. The van der Waals surface area contributed by atoms with E-state index in [2.05, 4.69) is 10.1 Å². The average molecular weight is 295 g/mol. The molecule has 0 aromatic carbocycles. The van der Waals surface area contributed by atoms with Crippen molar-refractivity contribution in [3.05, 3.63) is 11.7 Å². The van der Waals surface area contributed by atoms with Crippen LogP contribution in [0.4, 0.5) is 0 Å².